The molecular formula is C35H55NO4. The summed E-state index contributed by atoms with van der Waals surface area (Å²) in [5.41, 5.74) is 0.582. The van der Waals surface area contributed by atoms with Crippen LogP contribution in [0.2, 0.25) is 0 Å². The topological polar surface area (TPSA) is 66.8 Å². The van der Waals surface area contributed by atoms with Gasteiger partial charge in [-0.1, -0.05) is 54.0 Å². The highest BCUT2D eigenvalue weighted by Crippen LogP contribution is 2.75. The third-order valence-corrected chi connectivity index (χ3v) is 14.4. The number of allylic oxidation sites excluding steroid dienone is 2. The second kappa shape index (κ2) is 8.91. The van der Waals surface area contributed by atoms with Crippen molar-refractivity contribution >= 4 is 11.7 Å². The van der Waals surface area contributed by atoms with Gasteiger partial charge >= 0.3 is 0 Å². The Kier molecular flexibility index (Phi) is 6.44. The van der Waals surface area contributed by atoms with Crippen molar-refractivity contribution in [2.75, 3.05) is 6.61 Å². The van der Waals surface area contributed by atoms with Crippen LogP contribution >= 0.6 is 0 Å². The van der Waals surface area contributed by atoms with E-state index in [-0.39, 0.29) is 57.0 Å². The Morgan fingerprint density at radius 3 is 2.27 bits per heavy atom. The molecule has 40 heavy (non-hydrogen) atoms. The van der Waals surface area contributed by atoms with E-state index in [0.29, 0.717) is 18.3 Å². The minimum Gasteiger partial charge on any atom is -0.393 e. The van der Waals surface area contributed by atoms with Gasteiger partial charge in [-0.05, 0) is 123 Å². The van der Waals surface area contributed by atoms with Crippen LogP contribution in [0.4, 0.5) is 0 Å². The fourth-order valence-corrected chi connectivity index (χ4v) is 11.4. The fraction of sp³-hybridized carbons (Fsp3) is 0.886. The SMILES string of the molecule is CCON(C(=O)[C@@]1(C)CC[C@]2(C)CC[C@]3(C)C(=CC(=O)[C@@H]4[C@@]5(C)CC[C@H](O)C(C)(C)C5CC[C@]43C)[C@@H]2C1)C1CC1. The average molecular weight is 554 g/mol. The van der Waals surface area contributed by atoms with Crippen molar-refractivity contribution in [2.45, 2.75) is 138 Å². The largest absolute Gasteiger partial charge is 0.393 e. The quantitative estimate of drug-likeness (QED) is 0.372. The van der Waals surface area contributed by atoms with Crippen molar-refractivity contribution in [2.24, 2.45) is 50.2 Å². The van der Waals surface area contributed by atoms with Crippen molar-refractivity contribution in [1.29, 1.82) is 0 Å². The number of amides is 1. The van der Waals surface area contributed by atoms with Gasteiger partial charge in [0.25, 0.3) is 5.91 Å². The van der Waals surface area contributed by atoms with Crippen molar-refractivity contribution < 1.29 is 19.5 Å². The molecule has 0 bridgehead atoms. The third-order valence-electron chi connectivity index (χ3n) is 14.4. The number of rotatable bonds is 4. The Labute approximate surface area is 242 Å². The van der Waals surface area contributed by atoms with Crippen LogP contribution in [-0.4, -0.2) is 40.6 Å². The highest BCUT2D eigenvalue weighted by Gasteiger charge is 2.70. The first-order chi connectivity index (χ1) is 18.6. The Bertz CT molecular complexity index is 1120. The van der Waals surface area contributed by atoms with E-state index in [4.69, 9.17) is 4.84 Å². The lowest BCUT2D eigenvalue weighted by Crippen LogP contribution is -2.66. The predicted molar refractivity (Wildman–Crippen MR) is 157 cm³/mol. The van der Waals surface area contributed by atoms with Crippen molar-refractivity contribution in [3.8, 4) is 0 Å². The maximum atomic E-state index is 14.5. The molecule has 5 heteroatoms. The molecule has 6 aliphatic carbocycles. The van der Waals surface area contributed by atoms with Crippen LogP contribution in [0.25, 0.3) is 0 Å². The summed E-state index contributed by atoms with van der Waals surface area (Å²) < 4.78 is 0. The van der Waals surface area contributed by atoms with Crippen LogP contribution in [0.15, 0.2) is 11.6 Å². The van der Waals surface area contributed by atoms with E-state index in [1.54, 1.807) is 5.06 Å². The van der Waals surface area contributed by atoms with Gasteiger partial charge in [0, 0.05) is 11.3 Å². The zero-order valence-corrected chi connectivity index (χ0v) is 26.6. The monoisotopic (exact) mass is 553 g/mol. The minimum atomic E-state index is -0.463. The first kappa shape index (κ1) is 28.9. The Hall–Kier alpha value is -1.20. The molecule has 5 fully saturated rings. The standard InChI is InChI=1S/C35H55NO4/c1-9-40-36(22-10-11-22)29(39)32(5)17-16-31(4)18-19-34(7)23(24(31)21-32)20-25(37)28-33(6)14-13-27(38)30(2,3)26(33)12-15-35(28,34)8/h20,22,24,26-28,38H,9-19,21H2,1-8H3/t24-,26?,27-,28+,31+,32-,33-,34+,35+/m0/s1. The second-order valence-corrected chi connectivity index (χ2v) is 16.9. The number of carbonyl (C=O) groups is 2. The molecule has 5 nitrogen and oxygen atoms in total. The van der Waals surface area contributed by atoms with E-state index < -0.39 is 5.41 Å². The summed E-state index contributed by atoms with van der Waals surface area (Å²) >= 11 is 0. The van der Waals surface area contributed by atoms with Gasteiger partial charge < -0.3 is 5.11 Å². The summed E-state index contributed by atoms with van der Waals surface area (Å²) in [6.07, 6.45) is 12.7. The molecule has 0 radical (unpaired) electrons. The number of ketones is 1. The zero-order valence-electron chi connectivity index (χ0n) is 26.6. The second-order valence-electron chi connectivity index (χ2n) is 16.9. The number of hydrogen-bond acceptors (Lipinski definition) is 4. The van der Waals surface area contributed by atoms with Crippen LogP contribution < -0.4 is 0 Å². The van der Waals surface area contributed by atoms with E-state index >= 15 is 0 Å². The van der Waals surface area contributed by atoms with E-state index in [0.717, 1.165) is 70.6 Å². The molecule has 1 N–H and O–H groups in total. The number of nitrogens with zero attached hydrogens (tertiary/aromatic N) is 1. The molecule has 0 aliphatic heterocycles. The smallest absolute Gasteiger partial charge is 0.252 e. The molecule has 9 atom stereocenters. The van der Waals surface area contributed by atoms with Gasteiger partial charge in [-0.15, -0.1) is 0 Å². The Morgan fingerprint density at radius 1 is 0.950 bits per heavy atom. The van der Waals surface area contributed by atoms with Gasteiger partial charge in [-0.2, -0.15) is 0 Å². The van der Waals surface area contributed by atoms with E-state index in [1.165, 1.54) is 5.57 Å². The van der Waals surface area contributed by atoms with Gasteiger partial charge in [0.1, 0.15) is 0 Å². The molecule has 6 aliphatic rings. The molecule has 0 heterocycles. The lowest BCUT2D eigenvalue weighted by atomic mass is 9.33. The van der Waals surface area contributed by atoms with Gasteiger partial charge in [-0.25, -0.2) is 5.06 Å². The van der Waals surface area contributed by atoms with Gasteiger partial charge in [0.15, 0.2) is 5.78 Å². The summed E-state index contributed by atoms with van der Waals surface area (Å²) in [6.45, 7) is 18.9. The summed E-state index contributed by atoms with van der Waals surface area (Å²) in [5, 5.41) is 12.7. The number of aliphatic hydroxyl groups is 1. The minimum absolute atomic E-state index is 0.0106. The molecule has 1 amide bonds. The first-order valence-electron chi connectivity index (χ1n) is 16.5. The molecule has 0 aromatic carbocycles. The van der Waals surface area contributed by atoms with Crippen LogP contribution in [0.1, 0.15) is 126 Å². The van der Waals surface area contributed by atoms with Crippen molar-refractivity contribution in [3.63, 3.8) is 0 Å². The van der Waals surface area contributed by atoms with E-state index in [1.807, 2.05) is 6.92 Å². The molecule has 0 spiro atoms. The number of aliphatic hydroxyl groups excluding tert-OH is 1. The Balaban J connectivity index is 1.39. The number of fused-ring (bicyclic) bond motifs is 7. The summed E-state index contributed by atoms with van der Waals surface area (Å²) in [6, 6.07) is 0.235. The van der Waals surface area contributed by atoms with E-state index in [9.17, 15) is 14.7 Å². The predicted octanol–water partition coefficient (Wildman–Crippen LogP) is 7.27. The zero-order chi connectivity index (χ0) is 29.1. The summed E-state index contributed by atoms with van der Waals surface area (Å²) in [5.74, 6) is 1.07. The van der Waals surface area contributed by atoms with Gasteiger partial charge in [0.05, 0.1) is 18.8 Å². The van der Waals surface area contributed by atoms with Crippen molar-refractivity contribution in [1.82, 2.24) is 5.06 Å². The maximum Gasteiger partial charge on any atom is 0.252 e. The lowest BCUT2D eigenvalue weighted by molar-refractivity contribution is -0.208. The van der Waals surface area contributed by atoms with Crippen LogP contribution in [0.3, 0.4) is 0 Å². The molecular weight excluding hydrogens is 498 g/mol. The molecule has 0 saturated heterocycles. The van der Waals surface area contributed by atoms with Gasteiger partial charge in [0.2, 0.25) is 0 Å². The maximum absolute atomic E-state index is 14.5. The normalized spacial score (nSPS) is 49.6. The fourth-order valence-electron chi connectivity index (χ4n) is 11.4. The molecule has 6 rings (SSSR count). The van der Waals surface area contributed by atoms with Gasteiger partial charge in [-0.3, -0.25) is 14.4 Å². The average Bonchev–Trinajstić information content (AvgIpc) is 3.72. The van der Waals surface area contributed by atoms with E-state index in [2.05, 4.69) is 54.5 Å². The van der Waals surface area contributed by atoms with Crippen LogP contribution in [0.5, 0.6) is 0 Å². The third kappa shape index (κ3) is 3.71. The van der Waals surface area contributed by atoms with Crippen LogP contribution in [0, 0.1) is 50.2 Å². The molecule has 0 aromatic heterocycles. The number of hydroxylamine groups is 2. The van der Waals surface area contributed by atoms with Crippen LogP contribution in [-0.2, 0) is 14.4 Å². The highest BCUT2D eigenvalue weighted by atomic mass is 16.7. The van der Waals surface area contributed by atoms with Crippen molar-refractivity contribution in [3.05, 3.63) is 11.6 Å². The molecule has 1 unspecified atom stereocenters. The summed E-state index contributed by atoms with van der Waals surface area (Å²) in [4.78, 5) is 34.5. The molecule has 5 saturated carbocycles. The molecule has 224 valence electrons. The number of carbonyl (C=O) groups excluding carboxylic acids is 2. The lowest BCUT2D eigenvalue weighted by Gasteiger charge is -2.70. The summed E-state index contributed by atoms with van der Waals surface area (Å²) in [7, 11) is 0. The number of hydrogen-bond donors (Lipinski definition) is 1. The highest BCUT2D eigenvalue weighted by molar-refractivity contribution is 5.95. The molecule has 0 aromatic rings. The Morgan fingerprint density at radius 2 is 1.62 bits per heavy atom. The first-order valence-corrected chi connectivity index (χ1v) is 16.5.